The van der Waals surface area contributed by atoms with E-state index in [1.54, 1.807) is 17.3 Å². The van der Waals surface area contributed by atoms with E-state index in [1.807, 2.05) is 29.4 Å². The lowest BCUT2D eigenvalue weighted by molar-refractivity contribution is 0.185. The Morgan fingerprint density at radius 1 is 1.44 bits per heavy atom. The van der Waals surface area contributed by atoms with E-state index in [2.05, 4.69) is 10.2 Å². The zero-order valence-corrected chi connectivity index (χ0v) is 14.4. The van der Waals surface area contributed by atoms with Crippen LogP contribution in [0.1, 0.15) is 30.7 Å². The van der Waals surface area contributed by atoms with Gasteiger partial charge in [0.15, 0.2) is 0 Å². The molecular weight excluding hydrogens is 340 g/mol. The van der Waals surface area contributed by atoms with Crippen molar-refractivity contribution in [2.24, 2.45) is 0 Å². The summed E-state index contributed by atoms with van der Waals surface area (Å²) in [5.41, 5.74) is 2.08. The van der Waals surface area contributed by atoms with Crippen LogP contribution in [0.5, 0.6) is 0 Å². The molecule has 1 aliphatic carbocycles. The van der Waals surface area contributed by atoms with Gasteiger partial charge in [-0.3, -0.25) is 10.00 Å². The summed E-state index contributed by atoms with van der Waals surface area (Å²) in [5.74, 6) is 0.965. The van der Waals surface area contributed by atoms with Gasteiger partial charge in [0.25, 0.3) is 0 Å². The number of ether oxygens (including phenoxy) is 1. The number of rotatable bonds is 2. The lowest BCUT2D eigenvalue weighted by Gasteiger charge is -2.26. The molecule has 0 bridgehead atoms. The summed E-state index contributed by atoms with van der Waals surface area (Å²) in [7, 11) is 0. The van der Waals surface area contributed by atoms with Gasteiger partial charge in [0.2, 0.25) is 0 Å². The maximum Gasteiger partial charge on any atom is 0.328 e. The summed E-state index contributed by atoms with van der Waals surface area (Å²) < 4.78 is 5.59. The molecule has 1 aromatic heterocycles. The Morgan fingerprint density at radius 3 is 3.16 bits per heavy atom. The summed E-state index contributed by atoms with van der Waals surface area (Å²) in [5, 5.41) is 7.50. The number of hydrogen-bond donors (Lipinski definition) is 1. The molecule has 7 heteroatoms. The molecule has 0 spiro atoms. The van der Waals surface area contributed by atoms with Gasteiger partial charge < -0.3 is 9.64 Å². The van der Waals surface area contributed by atoms with Crippen LogP contribution < -0.4 is 0 Å². The van der Waals surface area contributed by atoms with E-state index in [-0.39, 0.29) is 6.03 Å². The number of aromatic nitrogens is 2. The van der Waals surface area contributed by atoms with E-state index in [1.165, 1.54) is 6.26 Å². The summed E-state index contributed by atoms with van der Waals surface area (Å²) in [4.78, 5) is 16.3. The standard InChI is InChI=1S/C18H19ClN4O2/c19-16-4-2-1-3-15(16)17-12-23(7-8-25-17)18(24)22-6-5-13(11-22)14-9-20-21-10-14/h2,4,7-10,12-13H,1,3,5-6,11H2,(H,20,21). The largest absolute Gasteiger partial charge is 0.462 e. The monoisotopic (exact) mass is 358 g/mol. The van der Waals surface area contributed by atoms with E-state index in [0.29, 0.717) is 23.3 Å². The first-order valence-electron chi connectivity index (χ1n) is 8.39. The highest BCUT2D eigenvalue weighted by Crippen LogP contribution is 2.31. The van der Waals surface area contributed by atoms with Crippen molar-refractivity contribution in [2.75, 3.05) is 13.1 Å². The van der Waals surface area contributed by atoms with E-state index < -0.39 is 0 Å². The number of urea groups is 1. The zero-order chi connectivity index (χ0) is 17.2. The number of likely N-dealkylation sites (tertiary alicyclic amines) is 1. The Balaban J connectivity index is 1.48. The Morgan fingerprint density at radius 2 is 2.36 bits per heavy atom. The molecule has 1 saturated heterocycles. The second-order valence-electron chi connectivity index (χ2n) is 6.32. The summed E-state index contributed by atoms with van der Waals surface area (Å²) in [6.07, 6.45) is 15.2. The first kappa shape index (κ1) is 16.0. The van der Waals surface area contributed by atoms with Crippen LogP contribution in [-0.2, 0) is 4.74 Å². The van der Waals surface area contributed by atoms with Crippen LogP contribution in [0.3, 0.4) is 0 Å². The predicted molar refractivity (Wildman–Crippen MR) is 94.3 cm³/mol. The number of carbonyl (C=O) groups excluding carboxylic acids is 1. The minimum Gasteiger partial charge on any atom is -0.462 e. The van der Waals surface area contributed by atoms with E-state index in [0.717, 1.165) is 36.9 Å². The van der Waals surface area contributed by atoms with Gasteiger partial charge in [0.1, 0.15) is 12.0 Å². The fourth-order valence-electron chi connectivity index (χ4n) is 3.37. The molecule has 1 unspecified atom stereocenters. The number of nitrogens with zero attached hydrogens (tertiary/aromatic N) is 3. The molecule has 4 rings (SSSR count). The number of hydrogen-bond acceptors (Lipinski definition) is 3. The Kier molecular flexibility index (Phi) is 4.36. The molecule has 0 radical (unpaired) electrons. The summed E-state index contributed by atoms with van der Waals surface area (Å²) >= 11 is 6.27. The highest BCUT2D eigenvalue weighted by molar-refractivity contribution is 6.31. The van der Waals surface area contributed by atoms with E-state index >= 15 is 0 Å². The van der Waals surface area contributed by atoms with Crippen LogP contribution in [0.15, 0.2) is 59.6 Å². The number of aromatic amines is 1. The smallest absolute Gasteiger partial charge is 0.328 e. The Hall–Kier alpha value is -2.47. The van der Waals surface area contributed by atoms with E-state index in [9.17, 15) is 4.79 Å². The zero-order valence-electron chi connectivity index (χ0n) is 13.7. The van der Waals surface area contributed by atoms with Crippen molar-refractivity contribution in [3.05, 3.63) is 65.1 Å². The molecule has 0 aromatic carbocycles. The number of allylic oxidation sites excluding steroid dienone is 4. The van der Waals surface area contributed by atoms with Crippen LogP contribution in [0.4, 0.5) is 4.79 Å². The van der Waals surface area contributed by atoms with Gasteiger partial charge in [0, 0.05) is 42.0 Å². The molecule has 1 N–H and O–H groups in total. The molecule has 1 aromatic rings. The van der Waals surface area contributed by atoms with Gasteiger partial charge in [-0.1, -0.05) is 17.7 Å². The van der Waals surface area contributed by atoms with E-state index in [4.69, 9.17) is 16.3 Å². The fraction of sp³-hybridized carbons (Fsp3) is 0.333. The third-order valence-electron chi connectivity index (χ3n) is 4.75. The molecule has 6 nitrogen and oxygen atoms in total. The molecule has 130 valence electrons. The minimum atomic E-state index is -0.0499. The SMILES string of the molecule is O=C(N1C=COC(C2=C(Cl)C=CCC2)=C1)N1CCC(c2cn[nH]c2)C1. The maximum atomic E-state index is 12.8. The number of amides is 2. The lowest BCUT2D eigenvalue weighted by atomic mass is 10.0. The second kappa shape index (κ2) is 6.80. The summed E-state index contributed by atoms with van der Waals surface area (Å²) in [6, 6.07) is -0.0499. The molecule has 2 aliphatic heterocycles. The fourth-order valence-corrected chi connectivity index (χ4v) is 3.64. The molecular formula is C18H19ClN4O2. The van der Waals surface area contributed by atoms with Crippen molar-refractivity contribution in [3.63, 3.8) is 0 Å². The molecule has 3 heterocycles. The van der Waals surface area contributed by atoms with Gasteiger partial charge in [-0.25, -0.2) is 4.79 Å². The molecule has 25 heavy (non-hydrogen) atoms. The van der Waals surface area contributed by atoms with Gasteiger partial charge >= 0.3 is 6.03 Å². The minimum absolute atomic E-state index is 0.0499. The number of nitrogens with one attached hydrogen (secondary N) is 1. The third-order valence-corrected chi connectivity index (χ3v) is 5.11. The van der Waals surface area contributed by atoms with Crippen molar-refractivity contribution < 1.29 is 9.53 Å². The molecule has 2 amide bonds. The molecule has 3 aliphatic rings. The van der Waals surface area contributed by atoms with Crippen LogP contribution in [0.2, 0.25) is 0 Å². The highest BCUT2D eigenvalue weighted by atomic mass is 35.5. The van der Waals surface area contributed by atoms with Crippen LogP contribution in [0, 0.1) is 0 Å². The first-order chi connectivity index (χ1) is 12.2. The number of carbonyl (C=O) groups is 1. The van der Waals surface area contributed by atoms with Crippen LogP contribution >= 0.6 is 11.6 Å². The first-order valence-corrected chi connectivity index (χ1v) is 8.77. The van der Waals surface area contributed by atoms with Gasteiger partial charge in [-0.15, -0.1) is 0 Å². The Labute approximate surface area is 151 Å². The van der Waals surface area contributed by atoms with Crippen molar-refractivity contribution in [1.82, 2.24) is 20.0 Å². The Bertz CT molecular complexity index is 779. The van der Waals surface area contributed by atoms with Crippen molar-refractivity contribution in [1.29, 1.82) is 0 Å². The van der Waals surface area contributed by atoms with Crippen molar-refractivity contribution in [2.45, 2.75) is 25.2 Å². The van der Waals surface area contributed by atoms with Crippen molar-refractivity contribution in [3.8, 4) is 0 Å². The highest BCUT2D eigenvalue weighted by Gasteiger charge is 2.30. The van der Waals surface area contributed by atoms with Gasteiger partial charge in [-0.2, -0.15) is 5.10 Å². The number of H-pyrrole nitrogens is 1. The second-order valence-corrected chi connectivity index (χ2v) is 6.72. The maximum absolute atomic E-state index is 12.8. The van der Waals surface area contributed by atoms with Gasteiger partial charge in [-0.05, 0) is 30.9 Å². The average Bonchev–Trinajstić information content (AvgIpc) is 3.33. The molecule has 0 saturated carbocycles. The normalized spacial score (nSPS) is 23.1. The van der Waals surface area contributed by atoms with Gasteiger partial charge in [0.05, 0.1) is 12.4 Å². The molecule has 1 fully saturated rings. The topological polar surface area (TPSA) is 61.5 Å². The predicted octanol–water partition coefficient (Wildman–Crippen LogP) is 3.81. The molecule has 1 atom stereocenters. The van der Waals surface area contributed by atoms with Crippen LogP contribution in [0.25, 0.3) is 0 Å². The number of halogens is 1. The summed E-state index contributed by atoms with van der Waals surface area (Å²) in [6.45, 7) is 1.42. The lowest BCUT2D eigenvalue weighted by Crippen LogP contribution is -2.37. The third kappa shape index (κ3) is 3.22. The quantitative estimate of drug-likeness (QED) is 0.874. The average molecular weight is 359 g/mol. The van der Waals surface area contributed by atoms with Crippen LogP contribution in [-0.4, -0.2) is 39.1 Å². The van der Waals surface area contributed by atoms with Crippen molar-refractivity contribution >= 4 is 17.6 Å².